The number of aliphatic imine (C=N–C) groups is 1. The van der Waals surface area contributed by atoms with Crippen molar-refractivity contribution in [2.45, 2.75) is 6.10 Å². The quantitative estimate of drug-likeness (QED) is 0.199. The molecule has 4 heteroatoms. The Labute approximate surface area is 192 Å². The van der Waals surface area contributed by atoms with Crippen molar-refractivity contribution >= 4 is 28.7 Å². The lowest BCUT2D eigenvalue weighted by Gasteiger charge is -2.16. The summed E-state index contributed by atoms with van der Waals surface area (Å²) in [5, 5.41) is 2.06. The van der Waals surface area contributed by atoms with Crippen LogP contribution in [-0.2, 0) is 9.53 Å². The zero-order valence-corrected chi connectivity index (χ0v) is 17.8. The van der Waals surface area contributed by atoms with Gasteiger partial charge in [-0.05, 0) is 52.3 Å². The van der Waals surface area contributed by atoms with Crippen molar-refractivity contribution in [3.8, 4) is 5.75 Å². The fourth-order valence-corrected chi connectivity index (χ4v) is 3.78. The van der Waals surface area contributed by atoms with Gasteiger partial charge in [-0.1, -0.05) is 85.4 Å². The molecule has 4 nitrogen and oxygen atoms in total. The van der Waals surface area contributed by atoms with Crippen LogP contribution < -0.4 is 4.74 Å². The second kappa shape index (κ2) is 8.97. The molecule has 1 heterocycles. The van der Waals surface area contributed by atoms with Crippen LogP contribution in [0.3, 0.4) is 0 Å². The molecule has 0 aliphatic carbocycles. The van der Waals surface area contributed by atoms with Crippen molar-refractivity contribution in [3.05, 3.63) is 132 Å². The van der Waals surface area contributed by atoms with E-state index in [1.54, 1.807) is 12.2 Å². The summed E-state index contributed by atoms with van der Waals surface area (Å²) in [6.07, 6.45) is 3.24. The molecule has 33 heavy (non-hydrogen) atoms. The normalized spacial score (nSPS) is 15.2. The molecule has 0 N–H and O–H groups in total. The van der Waals surface area contributed by atoms with Crippen molar-refractivity contribution in [2.75, 3.05) is 0 Å². The molecular weight excluding hydrogens is 410 g/mol. The largest absolute Gasteiger partial charge is 0.482 e. The summed E-state index contributed by atoms with van der Waals surface area (Å²) in [6, 6.07) is 31.2. The minimum Gasteiger partial charge on any atom is -0.482 e. The van der Waals surface area contributed by atoms with E-state index < -0.39 is 5.97 Å². The Kier molecular flexibility index (Phi) is 5.56. The maximum atomic E-state index is 12.5. The average molecular weight is 431 g/mol. The van der Waals surface area contributed by atoms with Gasteiger partial charge in [0, 0.05) is 5.56 Å². The van der Waals surface area contributed by atoms with Gasteiger partial charge in [-0.3, -0.25) is 0 Å². The Morgan fingerprint density at radius 3 is 2.36 bits per heavy atom. The summed E-state index contributed by atoms with van der Waals surface area (Å²) in [5.74, 6) is 0.564. The van der Waals surface area contributed by atoms with E-state index in [0.29, 0.717) is 11.6 Å². The molecule has 1 atom stereocenters. The summed E-state index contributed by atoms with van der Waals surface area (Å²) in [4.78, 5) is 16.9. The van der Waals surface area contributed by atoms with Gasteiger partial charge in [0.25, 0.3) is 0 Å². The van der Waals surface area contributed by atoms with Crippen molar-refractivity contribution in [1.29, 1.82) is 0 Å². The molecule has 0 bridgehead atoms. The molecular formula is C29H21NO3. The third-order valence-electron chi connectivity index (χ3n) is 5.43. The third-order valence-corrected chi connectivity index (χ3v) is 5.43. The lowest BCUT2D eigenvalue weighted by molar-refractivity contribution is -0.129. The molecule has 0 saturated heterocycles. The first-order chi connectivity index (χ1) is 16.2. The third kappa shape index (κ3) is 4.32. The SMILES string of the molecule is C=CC(Oc1ccc(/C=C2/N=C(c3cccc4ccccc34)OC2=O)cc1)c1ccccc1. The van der Waals surface area contributed by atoms with Crippen molar-refractivity contribution < 1.29 is 14.3 Å². The highest BCUT2D eigenvalue weighted by molar-refractivity contribution is 6.17. The van der Waals surface area contributed by atoms with Gasteiger partial charge >= 0.3 is 5.97 Å². The van der Waals surface area contributed by atoms with Gasteiger partial charge in [0.1, 0.15) is 11.9 Å². The molecule has 1 aliphatic heterocycles. The summed E-state index contributed by atoms with van der Waals surface area (Å²) in [7, 11) is 0. The Balaban J connectivity index is 1.37. The highest BCUT2D eigenvalue weighted by Crippen LogP contribution is 2.26. The number of hydrogen-bond acceptors (Lipinski definition) is 4. The molecule has 0 saturated carbocycles. The summed E-state index contributed by atoms with van der Waals surface area (Å²) in [5.41, 5.74) is 2.92. The molecule has 1 unspecified atom stereocenters. The van der Waals surface area contributed by atoms with E-state index in [4.69, 9.17) is 9.47 Å². The first-order valence-electron chi connectivity index (χ1n) is 10.7. The molecule has 5 rings (SSSR count). The fraction of sp³-hybridized carbons (Fsp3) is 0.0345. The van der Waals surface area contributed by atoms with Gasteiger partial charge in [-0.2, -0.15) is 0 Å². The summed E-state index contributed by atoms with van der Waals surface area (Å²) in [6.45, 7) is 3.88. The smallest absolute Gasteiger partial charge is 0.363 e. The van der Waals surface area contributed by atoms with Crippen molar-refractivity contribution in [2.24, 2.45) is 4.99 Å². The maximum Gasteiger partial charge on any atom is 0.363 e. The lowest BCUT2D eigenvalue weighted by atomic mass is 10.0. The molecule has 0 amide bonds. The van der Waals surface area contributed by atoms with E-state index >= 15 is 0 Å². The van der Waals surface area contributed by atoms with Gasteiger partial charge in [0.15, 0.2) is 5.70 Å². The van der Waals surface area contributed by atoms with Gasteiger partial charge in [-0.15, -0.1) is 0 Å². The number of ether oxygens (including phenoxy) is 2. The number of nitrogens with zero attached hydrogens (tertiary/aromatic N) is 1. The van der Waals surface area contributed by atoms with Crippen LogP contribution in [0.15, 0.2) is 120 Å². The van der Waals surface area contributed by atoms with Crippen molar-refractivity contribution in [1.82, 2.24) is 0 Å². The topological polar surface area (TPSA) is 47.9 Å². The number of cyclic esters (lactones) is 1. The Hall–Kier alpha value is -4.44. The van der Waals surface area contributed by atoms with Crippen LogP contribution >= 0.6 is 0 Å². The van der Waals surface area contributed by atoms with Crippen LogP contribution in [0.4, 0.5) is 0 Å². The number of fused-ring (bicyclic) bond motifs is 1. The van der Waals surface area contributed by atoms with Crippen LogP contribution in [0.5, 0.6) is 5.75 Å². The average Bonchev–Trinajstić information content (AvgIpc) is 3.23. The first-order valence-corrected chi connectivity index (χ1v) is 10.7. The van der Waals surface area contributed by atoms with E-state index in [1.165, 1.54) is 0 Å². The number of carbonyl (C=O) groups excluding carboxylic acids is 1. The lowest BCUT2D eigenvalue weighted by Crippen LogP contribution is -2.05. The van der Waals surface area contributed by atoms with Gasteiger partial charge < -0.3 is 9.47 Å². The zero-order chi connectivity index (χ0) is 22.6. The minimum atomic E-state index is -0.464. The van der Waals surface area contributed by atoms with E-state index in [1.807, 2.05) is 97.1 Å². The number of benzene rings is 4. The van der Waals surface area contributed by atoms with E-state index in [-0.39, 0.29) is 11.8 Å². The standard InChI is InChI=1S/C29H21NO3/c1-2-27(22-10-4-3-5-11-22)32-23-17-15-20(16-18-23)19-26-29(31)33-28(30-26)25-14-8-12-21-9-6-7-13-24(21)25/h2-19,27H,1H2/b26-19+. The van der Waals surface area contributed by atoms with E-state index in [0.717, 1.165) is 27.5 Å². The maximum absolute atomic E-state index is 12.5. The number of hydrogen-bond donors (Lipinski definition) is 0. The Morgan fingerprint density at radius 1 is 0.848 bits per heavy atom. The number of rotatable bonds is 6. The van der Waals surface area contributed by atoms with E-state index in [9.17, 15) is 4.79 Å². The molecule has 1 aliphatic rings. The molecule has 4 aromatic carbocycles. The Bertz CT molecular complexity index is 1380. The highest BCUT2D eigenvalue weighted by atomic mass is 16.6. The second-order valence-electron chi connectivity index (χ2n) is 7.62. The van der Waals surface area contributed by atoms with Crippen LogP contribution in [-0.4, -0.2) is 11.9 Å². The van der Waals surface area contributed by atoms with Crippen LogP contribution in [0, 0.1) is 0 Å². The molecule has 0 fully saturated rings. The molecule has 0 aromatic heterocycles. The summed E-state index contributed by atoms with van der Waals surface area (Å²) < 4.78 is 11.5. The second-order valence-corrected chi connectivity index (χ2v) is 7.62. The fourth-order valence-electron chi connectivity index (χ4n) is 3.78. The number of esters is 1. The molecule has 160 valence electrons. The van der Waals surface area contributed by atoms with Gasteiger partial charge in [0.05, 0.1) is 0 Å². The predicted octanol–water partition coefficient (Wildman–Crippen LogP) is 6.49. The predicted molar refractivity (Wildman–Crippen MR) is 131 cm³/mol. The first kappa shape index (κ1) is 20.5. The van der Waals surface area contributed by atoms with Crippen LogP contribution in [0.1, 0.15) is 22.8 Å². The molecule has 4 aromatic rings. The summed E-state index contributed by atoms with van der Waals surface area (Å²) >= 11 is 0. The van der Waals surface area contributed by atoms with Gasteiger partial charge in [0.2, 0.25) is 5.90 Å². The van der Waals surface area contributed by atoms with E-state index in [2.05, 4.69) is 11.6 Å². The zero-order valence-electron chi connectivity index (χ0n) is 17.8. The minimum absolute atomic E-state index is 0.243. The van der Waals surface area contributed by atoms with Crippen LogP contribution in [0.2, 0.25) is 0 Å². The monoisotopic (exact) mass is 431 g/mol. The van der Waals surface area contributed by atoms with Gasteiger partial charge in [-0.25, -0.2) is 9.79 Å². The number of carbonyl (C=O) groups is 1. The van der Waals surface area contributed by atoms with Crippen molar-refractivity contribution in [3.63, 3.8) is 0 Å². The highest BCUT2D eigenvalue weighted by Gasteiger charge is 2.25. The molecule has 0 spiro atoms. The molecule has 0 radical (unpaired) electrons. The Morgan fingerprint density at radius 2 is 1.58 bits per heavy atom. The van der Waals surface area contributed by atoms with Crippen LogP contribution in [0.25, 0.3) is 16.8 Å².